The number of anilines is 1. The van der Waals surface area contributed by atoms with Crippen LogP contribution in [0, 0.1) is 0 Å². The first-order valence-corrected chi connectivity index (χ1v) is 8.44. The number of hydrogen-bond acceptors (Lipinski definition) is 4. The second-order valence-corrected chi connectivity index (χ2v) is 8.12. The number of hydrogen-bond donors (Lipinski definition) is 1. The van der Waals surface area contributed by atoms with Crippen LogP contribution in [0.25, 0.3) is 0 Å². The van der Waals surface area contributed by atoms with Gasteiger partial charge in [0.15, 0.2) is 0 Å². The molecule has 100 valence electrons. The number of thioether (sulfide) groups is 1. The number of nitrogens with zero attached hydrogens (tertiary/aromatic N) is 1. The van der Waals surface area contributed by atoms with Crippen molar-refractivity contribution >= 4 is 39.1 Å². The first-order valence-electron chi connectivity index (χ1n) is 5.58. The van der Waals surface area contributed by atoms with Gasteiger partial charge in [-0.05, 0) is 18.2 Å². The first kappa shape index (κ1) is 14.0. The van der Waals surface area contributed by atoms with Gasteiger partial charge in [0.05, 0.1) is 5.69 Å². The van der Waals surface area contributed by atoms with Gasteiger partial charge in [0.25, 0.3) is 0 Å². The molecular weight excluding hydrogens is 292 g/mol. The number of sulfonamides is 1. The predicted molar refractivity (Wildman–Crippen MR) is 76.5 cm³/mol. The van der Waals surface area contributed by atoms with Crippen molar-refractivity contribution in [1.29, 1.82) is 0 Å². The van der Waals surface area contributed by atoms with Crippen LogP contribution in [0.4, 0.5) is 5.69 Å². The fourth-order valence-corrected chi connectivity index (χ4v) is 5.01. The molecule has 0 aromatic heterocycles. The second-order valence-electron chi connectivity index (χ2n) is 4.23. The van der Waals surface area contributed by atoms with Gasteiger partial charge in [0.1, 0.15) is 4.90 Å². The molecule has 0 aliphatic carbocycles. The van der Waals surface area contributed by atoms with Crippen molar-refractivity contribution in [3.63, 3.8) is 0 Å². The van der Waals surface area contributed by atoms with Gasteiger partial charge in [-0.3, -0.25) is 0 Å². The first-order chi connectivity index (χ1) is 8.41. The maximum atomic E-state index is 12.5. The summed E-state index contributed by atoms with van der Waals surface area (Å²) in [6.07, 6.45) is 0. The van der Waals surface area contributed by atoms with Gasteiger partial charge in [0.2, 0.25) is 10.0 Å². The molecule has 0 spiro atoms. The van der Waals surface area contributed by atoms with Crippen molar-refractivity contribution in [2.45, 2.75) is 17.1 Å². The second kappa shape index (κ2) is 5.28. The number of halogens is 1. The number of nitrogen functional groups attached to an aromatic ring is 1. The van der Waals surface area contributed by atoms with Gasteiger partial charge < -0.3 is 5.73 Å². The highest BCUT2D eigenvalue weighted by atomic mass is 35.5. The summed E-state index contributed by atoms with van der Waals surface area (Å²) in [4.78, 5) is 0.106. The highest BCUT2D eigenvalue weighted by Crippen LogP contribution is 2.29. The minimum atomic E-state index is -3.54. The van der Waals surface area contributed by atoms with Gasteiger partial charge in [-0.1, -0.05) is 18.5 Å². The number of nitrogens with two attached hydrogens (primary N) is 1. The Morgan fingerprint density at radius 3 is 2.89 bits per heavy atom. The fraction of sp³-hybridized carbons (Fsp3) is 0.455. The van der Waals surface area contributed by atoms with Crippen LogP contribution in [0.3, 0.4) is 0 Å². The van der Waals surface area contributed by atoms with Crippen molar-refractivity contribution in [2.24, 2.45) is 0 Å². The average molecular weight is 307 g/mol. The van der Waals surface area contributed by atoms with E-state index in [2.05, 4.69) is 0 Å². The van der Waals surface area contributed by atoms with Crippen LogP contribution in [0.15, 0.2) is 23.1 Å². The SMILES string of the molecule is CC1CN(S(=O)(=O)c2cc(Cl)ccc2N)CCS1. The normalized spacial score (nSPS) is 22.0. The zero-order valence-electron chi connectivity index (χ0n) is 9.97. The van der Waals surface area contributed by atoms with Gasteiger partial charge in [-0.2, -0.15) is 16.1 Å². The Morgan fingerprint density at radius 1 is 1.50 bits per heavy atom. The fourth-order valence-electron chi connectivity index (χ4n) is 1.88. The number of benzene rings is 1. The molecule has 1 heterocycles. The van der Waals surface area contributed by atoms with Gasteiger partial charge in [0, 0.05) is 29.1 Å². The van der Waals surface area contributed by atoms with Crippen LogP contribution in [0.2, 0.25) is 5.02 Å². The minimum Gasteiger partial charge on any atom is -0.398 e. The molecule has 1 atom stereocenters. The maximum Gasteiger partial charge on any atom is 0.245 e. The van der Waals surface area contributed by atoms with Crippen LogP contribution < -0.4 is 5.73 Å². The summed E-state index contributed by atoms with van der Waals surface area (Å²) in [5.74, 6) is 0.806. The summed E-state index contributed by atoms with van der Waals surface area (Å²) >= 11 is 7.62. The van der Waals surface area contributed by atoms with Crippen molar-refractivity contribution < 1.29 is 8.42 Å². The van der Waals surface area contributed by atoms with Crippen molar-refractivity contribution in [1.82, 2.24) is 4.31 Å². The van der Waals surface area contributed by atoms with Crippen LogP contribution in [-0.2, 0) is 10.0 Å². The van der Waals surface area contributed by atoms with Crippen molar-refractivity contribution in [3.05, 3.63) is 23.2 Å². The summed E-state index contributed by atoms with van der Waals surface area (Å²) in [7, 11) is -3.54. The van der Waals surface area contributed by atoms with Crippen LogP contribution >= 0.6 is 23.4 Å². The van der Waals surface area contributed by atoms with Crippen LogP contribution in [0.5, 0.6) is 0 Å². The molecule has 2 rings (SSSR count). The Kier molecular flexibility index (Phi) is 4.11. The van der Waals surface area contributed by atoms with E-state index in [-0.39, 0.29) is 10.6 Å². The Labute approximate surface area is 117 Å². The molecule has 1 unspecified atom stereocenters. The van der Waals surface area contributed by atoms with E-state index in [1.807, 2.05) is 6.92 Å². The van der Waals surface area contributed by atoms with E-state index in [0.29, 0.717) is 23.4 Å². The highest BCUT2D eigenvalue weighted by Gasteiger charge is 2.30. The zero-order valence-corrected chi connectivity index (χ0v) is 12.4. The Balaban J connectivity index is 2.38. The molecule has 7 heteroatoms. The van der Waals surface area contributed by atoms with E-state index >= 15 is 0 Å². The molecule has 1 aromatic rings. The lowest BCUT2D eigenvalue weighted by Crippen LogP contribution is -2.41. The lowest BCUT2D eigenvalue weighted by molar-refractivity contribution is 0.424. The van der Waals surface area contributed by atoms with Crippen molar-refractivity contribution in [2.75, 3.05) is 24.6 Å². The lowest BCUT2D eigenvalue weighted by atomic mass is 10.3. The summed E-state index contributed by atoms with van der Waals surface area (Å²) in [5.41, 5.74) is 5.99. The largest absolute Gasteiger partial charge is 0.398 e. The third-order valence-electron chi connectivity index (χ3n) is 2.80. The van der Waals surface area contributed by atoms with E-state index in [1.165, 1.54) is 16.4 Å². The predicted octanol–water partition coefficient (Wildman–Crippen LogP) is 2.05. The molecule has 0 amide bonds. The van der Waals surface area contributed by atoms with E-state index < -0.39 is 10.0 Å². The number of rotatable bonds is 2. The Hall–Kier alpha value is -0.430. The van der Waals surface area contributed by atoms with E-state index in [1.54, 1.807) is 17.8 Å². The average Bonchev–Trinajstić information content (AvgIpc) is 2.32. The quantitative estimate of drug-likeness (QED) is 0.849. The molecule has 0 saturated carbocycles. The molecule has 2 N–H and O–H groups in total. The minimum absolute atomic E-state index is 0.106. The summed E-state index contributed by atoms with van der Waals surface area (Å²) in [5, 5.41) is 0.677. The Bertz CT molecular complexity index is 548. The molecule has 1 aliphatic rings. The standard InChI is InChI=1S/C11H15ClN2O2S2/c1-8-7-14(4-5-17-8)18(15,16)11-6-9(12)2-3-10(11)13/h2-3,6,8H,4-5,7,13H2,1H3. The smallest absolute Gasteiger partial charge is 0.245 e. The monoisotopic (exact) mass is 306 g/mol. The van der Waals surface area contributed by atoms with Gasteiger partial charge in [-0.15, -0.1) is 0 Å². The van der Waals surface area contributed by atoms with Crippen LogP contribution in [0.1, 0.15) is 6.92 Å². The van der Waals surface area contributed by atoms with Crippen LogP contribution in [-0.4, -0.2) is 36.8 Å². The molecule has 0 bridgehead atoms. The molecule has 0 radical (unpaired) electrons. The van der Waals surface area contributed by atoms with E-state index in [4.69, 9.17) is 17.3 Å². The van der Waals surface area contributed by atoms with Gasteiger partial charge in [-0.25, -0.2) is 8.42 Å². The Morgan fingerprint density at radius 2 is 2.22 bits per heavy atom. The molecule has 1 aromatic carbocycles. The third-order valence-corrected chi connectivity index (χ3v) is 6.09. The molecule has 18 heavy (non-hydrogen) atoms. The van der Waals surface area contributed by atoms with E-state index in [0.717, 1.165) is 5.75 Å². The third kappa shape index (κ3) is 2.77. The molecular formula is C11H15ClN2O2S2. The lowest BCUT2D eigenvalue weighted by Gasteiger charge is -2.30. The molecule has 1 saturated heterocycles. The summed E-state index contributed by atoms with van der Waals surface area (Å²) < 4.78 is 26.5. The van der Waals surface area contributed by atoms with E-state index in [9.17, 15) is 8.42 Å². The molecule has 1 aliphatic heterocycles. The maximum absolute atomic E-state index is 12.5. The highest BCUT2D eigenvalue weighted by molar-refractivity contribution is 8.00. The molecule has 4 nitrogen and oxygen atoms in total. The summed E-state index contributed by atoms with van der Waals surface area (Å²) in [6.45, 7) is 3.05. The van der Waals surface area contributed by atoms with Gasteiger partial charge >= 0.3 is 0 Å². The summed E-state index contributed by atoms with van der Waals surface area (Å²) in [6, 6.07) is 4.53. The van der Waals surface area contributed by atoms with Crippen molar-refractivity contribution in [3.8, 4) is 0 Å². The zero-order chi connectivity index (χ0) is 13.3. The topological polar surface area (TPSA) is 63.4 Å². The molecule has 1 fully saturated rings.